The van der Waals surface area contributed by atoms with Gasteiger partial charge in [-0.3, -0.25) is 9.78 Å². The number of carbonyl (C=O) groups is 1. The zero-order valence-corrected chi connectivity index (χ0v) is 12.9. The maximum Gasteiger partial charge on any atom is 0.271 e. The van der Waals surface area contributed by atoms with Gasteiger partial charge in [-0.2, -0.15) is 0 Å². The van der Waals surface area contributed by atoms with Crippen LogP contribution in [0.15, 0.2) is 12.4 Å². The molecule has 1 saturated carbocycles. The van der Waals surface area contributed by atoms with Crippen molar-refractivity contribution >= 4 is 5.91 Å². The van der Waals surface area contributed by atoms with Crippen LogP contribution in [-0.4, -0.2) is 21.9 Å². The van der Waals surface area contributed by atoms with Gasteiger partial charge in [0.1, 0.15) is 5.69 Å². The third-order valence-electron chi connectivity index (χ3n) is 4.21. The van der Waals surface area contributed by atoms with Crippen molar-refractivity contribution in [3.05, 3.63) is 23.8 Å². The Morgan fingerprint density at radius 3 is 2.50 bits per heavy atom. The number of hydrogen-bond acceptors (Lipinski definition) is 3. The normalized spacial score (nSPS) is 23.4. The SMILES string of the molecule is Cc1cnc(C(=O)N[C@H]2CCCC[C@H]2C(C)(C)C)cn1. The molecule has 1 aliphatic carbocycles. The van der Waals surface area contributed by atoms with Gasteiger partial charge < -0.3 is 5.32 Å². The number of rotatable bonds is 2. The van der Waals surface area contributed by atoms with Crippen molar-refractivity contribution in [2.75, 3.05) is 0 Å². The summed E-state index contributed by atoms with van der Waals surface area (Å²) in [4.78, 5) is 20.6. The first-order chi connectivity index (χ1) is 9.38. The molecule has 1 aliphatic rings. The Balaban J connectivity index is 2.07. The minimum atomic E-state index is -0.0985. The van der Waals surface area contributed by atoms with Crippen LogP contribution >= 0.6 is 0 Å². The number of carbonyl (C=O) groups excluding carboxylic acids is 1. The van der Waals surface area contributed by atoms with E-state index in [1.165, 1.54) is 19.3 Å². The summed E-state index contributed by atoms with van der Waals surface area (Å²) in [5, 5.41) is 3.17. The van der Waals surface area contributed by atoms with Gasteiger partial charge in [-0.25, -0.2) is 4.98 Å². The Labute approximate surface area is 121 Å². The van der Waals surface area contributed by atoms with E-state index in [-0.39, 0.29) is 17.4 Å². The molecule has 4 heteroatoms. The summed E-state index contributed by atoms with van der Waals surface area (Å²) in [6, 6.07) is 0.249. The largest absolute Gasteiger partial charge is 0.348 e. The maximum absolute atomic E-state index is 12.3. The first-order valence-corrected chi connectivity index (χ1v) is 7.47. The van der Waals surface area contributed by atoms with E-state index >= 15 is 0 Å². The molecule has 1 N–H and O–H groups in total. The van der Waals surface area contributed by atoms with Crippen LogP contribution in [0.2, 0.25) is 0 Å². The minimum absolute atomic E-state index is 0.0985. The van der Waals surface area contributed by atoms with Gasteiger partial charge in [0.15, 0.2) is 0 Å². The fourth-order valence-electron chi connectivity index (χ4n) is 3.09. The predicted octanol–water partition coefficient (Wildman–Crippen LogP) is 3.12. The molecule has 1 aromatic rings. The average Bonchev–Trinajstić information content (AvgIpc) is 2.38. The van der Waals surface area contributed by atoms with Crippen molar-refractivity contribution in [1.82, 2.24) is 15.3 Å². The molecule has 1 heterocycles. The number of nitrogens with one attached hydrogen (secondary N) is 1. The van der Waals surface area contributed by atoms with Crippen molar-refractivity contribution in [1.29, 1.82) is 0 Å². The molecule has 2 atom stereocenters. The van der Waals surface area contributed by atoms with Crippen LogP contribution in [0.3, 0.4) is 0 Å². The van der Waals surface area contributed by atoms with Crippen LogP contribution in [-0.2, 0) is 0 Å². The van der Waals surface area contributed by atoms with E-state index in [0.717, 1.165) is 12.1 Å². The lowest BCUT2D eigenvalue weighted by molar-refractivity contribution is 0.0825. The molecule has 0 saturated heterocycles. The van der Waals surface area contributed by atoms with Gasteiger partial charge in [0.25, 0.3) is 5.91 Å². The van der Waals surface area contributed by atoms with E-state index in [9.17, 15) is 4.79 Å². The molecule has 0 unspecified atom stereocenters. The number of amides is 1. The van der Waals surface area contributed by atoms with E-state index in [1.807, 2.05) is 6.92 Å². The number of aryl methyl sites for hydroxylation is 1. The quantitative estimate of drug-likeness (QED) is 0.902. The van der Waals surface area contributed by atoms with E-state index in [2.05, 4.69) is 36.1 Å². The molecule has 1 aromatic heterocycles. The average molecular weight is 275 g/mol. The molecule has 1 fully saturated rings. The van der Waals surface area contributed by atoms with Crippen molar-refractivity contribution in [2.45, 2.75) is 59.4 Å². The molecule has 0 aliphatic heterocycles. The minimum Gasteiger partial charge on any atom is -0.348 e. The zero-order chi connectivity index (χ0) is 14.8. The van der Waals surface area contributed by atoms with Gasteiger partial charge in [0.05, 0.1) is 11.9 Å². The summed E-state index contributed by atoms with van der Waals surface area (Å²) in [6.07, 6.45) is 7.90. The van der Waals surface area contributed by atoms with Crippen LogP contribution in [0.1, 0.15) is 62.6 Å². The van der Waals surface area contributed by atoms with Crippen LogP contribution in [0.25, 0.3) is 0 Å². The summed E-state index contributed by atoms with van der Waals surface area (Å²) in [6.45, 7) is 8.64. The highest BCUT2D eigenvalue weighted by Gasteiger charge is 2.35. The summed E-state index contributed by atoms with van der Waals surface area (Å²) in [7, 11) is 0. The zero-order valence-electron chi connectivity index (χ0n) is 12.9. The topological polar surface area (TPSA) is 54.9 Å². The summed E-state index contributed by atoms with van der Waals surface area (Å²) >= 11 is 0. The van der Waals surface area contributed by atoms with E-state index in [0.29, 0.717) is 11.6 Å². The molecular formula is C16H25N3O. The first kappa shape index (κ1) is 14.9. The molecule has 0 radical (unpaired) electrons. The van der Waals surface area contributed by atoms with Crippen molar-refractivity contribution in [2.24, 2.45) is 11.3 Å². The molecule has 110 valence electrons. The highest BCUT2D eigenvalue weighted by molar-refractivity contribution is 5.92. The highest BCUT2D eigenvalue weighted by atomic mass is 16.1. The lowest BCUT2D eigenvalue weighted by Crippen LogP contribution is -2.46. The third kappa shape index (κ3) is 3.56. The van der Waals surface area contributed by atoms with Crippen LogP contribution in [0, 0.1) is 18.3 Å². The lowest BCUT2D eigenvalue weighted by atomic mass is 9.69. The Kier molecular flexibility index (Phi) is 4.41. The van der Waals surface area contributed by atoms with Crippen LogP contribution < -0.4 is 5.32 Å². The van der Waals surface area contributed by atoms with Crippen LogP contribution in [0.4, 0.5) is 0 Å². The van der Waals surface area contributed by atoms with Gasteiger partial charge in [0.2, 0.25) is 0 Å². The van der Waals surface area contributed by atoms with Gasteiger partial charge in [-0.05, 0) is 31.1 Å². The van der Waals surface area contributed by atoms with Gasteiger partial charge in [-0.15, -0.1) is 0 Å². The van der Waals surface area contributed by atoms with E-state index in [4.69, 9.17) is 0 Å². The molecule has 0 spiro atoms. The van der Waals surface area contributed by atoms with Gasteiger partial charge in [-0.1, -0.05) is 33.6 Å². The van der Waals surface area contributed by atoms with Crippen molar-refractivity contribution < 1.29 is 4.79 Å². The van der Waals surface area contributed by atoms with Crippen molar-refractivity contribution in [3.63, 3.8) is 0 Å². The fraction of sp³-hybridized carbons (Fsp3) is 0.688. The number of aromatic nitrogens is 2. The van der Waals surface area contributed by atoms with Gasteiger partial charge >= 0.3 is 0 Å². The number of nitrogens with zero attached hydrogens (tertiary/aromatic N) is 2. The summed E-state index contributed by atoms with van der Waals surface area (Å²) < 4.78 is 0. The second-order valence-corrected chi connectivity index (χ2v) is 6.88. The highest BCUT2D eigenvalue weighted by Crippen LogP contribution is 2.38. The Bertz CT molecular complexity index is 462. The third-order valence-corrected chi connectivity index (χ3v) is 4.21. The Morgan fingerprint density at radius 1 is 1.20 bits per heavy atom. The van der Waals surface area contributed by atoms with E-state index < -0.39 is 0 Å². The molecule has 1 amide bonds. The maximum atomic E-state index is 12.3. The molecular weight excluding hydrogens is 250 g/mol. The molecule has 0 aromatic carbocycles. The number of hydrogen-bond donors (Lipinski definition) is 1. The molecule has 2 rings (SSSR count). The molecule has 4 nitrogen and oxygen atoms in total. The Morgan fingerprint density at radius 2 is 1.90 bits per heavy atom. The summed E-state index contributed by atoms with van der Waals surface area (Å²) in [5.74, 6) is 0.428. The second-order valence-electron chi connectivity index (χ2n) is 6.88. The second kappa shape index (κ2) is 5.90. The lowest BCUT2D eigenvalue weighted by Gasteiger charge is -2.40. The standard InChI is InChI=1S/C16H25N3O/c1-11-9-18-14(10-17-11)15(20)19-13-8-6-5-7-12(13)16(2,3)4/h9-10,12-13H,5-8H2,1-4H3,(H,19,20)/t12-,13+/m1/s1. The first-order valence-electron chi connectivity index (χ1n) is 7.47. The molecule has 0 bridgehead atoms. The van der Waals surface area contributed by atoms with E-state index in [1.54, 1.807) is 12.4 Å². The van der Waals surface area contributed by atoms with Crippen molar-refractivity contribution in [3.8, 4) is 0 Å². The fourth-order valence-corrected chi connectivity index (χ4v) is 3.09. The Hall–Kier alpha value is -1.45. The monoisotopic (exact) mass is 275 g/mol. The van der Waals surface area contributed by atoms with Crippen LogP contribution in [0.5, 0.6) is 0 Å². The molecule has 20 heavy (non-hydrogen) atoms. The predicted molar refractivity (Wildman–Crippen MR) is 79.4 cm³/mol. The smallest absolute Gasteiger partial charge is 0.271 e. The van der Waals surface area contributed by atoms with Gasteiger partial charge in [0, 0.05) is 12.2 Å². The summed E-state index contributed by atoms with van der Waals surface area (Å²) in [5.41, 5.74) is 1.46.